The Hall–Kier alpha value is -6.18. The Labute approximate surface area is 312 Å². The Kier molecular flexibility index (Phi) is 6.94. The van der Waals surface area contributed by atoms with Gasteiger partial charge in [-0.2, -0.15) is 0 Å². The molecule has 0 aromatic heterocycles. The van der Waals surface area contributed by atoms with Crippen LogP contribution in [-0.4, -0.2) is 0 Å². The summed E-state index contributed by atoms with van der Waals surface area (Å²) in [6, 6.07) is 65.2. The van der Waals surface area contributed by atoms with Gasteiger partial charge in [-0.25, -0.2) is 0 Å². The summed E-state index contributed by atoms with van der Waals surface area (Å²) in [6.45, 7) is 9.54. The first kappa shape index (κ1) is 31.5. The van der Waals surface area contributed by atoms with Crippen LogP contribution in [-0.2, 0) is 10.8 Å². The fourth-order valence-corrected chi connectivity index (χ4v) is 9.46. The van der Waals surface area contributed by atoms with Gasteiger partial charge in [-0.15, -0.1) is 0 Å². The van der Waals surface area contributed by atoms with Gasteiger partial charge >= 0.3 is 0 Å². The standard InChI is InChI=1S/C52H41N/c1-51(2)45-24-14-13-20-40(45)41-31-30-38(32-47(41)51)53(37-28-26-35(27-29-37)34-16-7-5-8-17-34)48-33-44-49-39(36-18-9-6-10-19-36)23-15-25-46(49)52(3,4)50(44)43-22-12-11-21-42(43)48/h5-33H,1-4H3. The molecule has 0 saturated carbocycles. The van der Waals surface area contributed by atoms with E-state index in [1.165, 1.54) is 83.2 Å². The van der Waals surface area contributed by atoms with Gasteiger partial charge in [0.25, 0.3) is 0 Å². The highest BCUT2D eigenvalue weighted by Gasteiger charge is 2.40. The van der Waals surface area contributed by atoms with E-state index in [9.17, 15) is 0 Å². The van der Waals surface area contributed by atoms with Crippen LogP contribution < -0.4 is 4.90 Å². The molecule has 0 unspecified atom stereocenters. The first-order valence-electron chi connectivity index (χ1n) is 18.8. The van der Waals surface area contributed by atoms with Crippen molar-refractivity contribution in [1.82, 2.24) is 0 Å². The van der Waals surface area contributed by atoms with Gasteiger partial charge in [-0.3, -0.25) is 0 Å². The van der Waals surface area contributed by atoms with Crippen LogP contribution in [0.4, 0.5) is 17.1 Å². The highest BCUT2D eigenvalue weighted by Crippen LogP contribution is 2.57. The minimum Gasteiger partial charge on any atom is -0.310 e. The number of benzene rings is 8. The first-order valence-corrected chi connectivity index (χ1v) is 18.8. The minimum atomic E-state index is -0.168. The van der Waals surface area contributed by atoms with Crippen molar-refractivity contribution in [3.63, 3.8) is 0 Å². The third kappa shape index (κ3) is 4.70. The molecule has 0 radical (unpaired) electrons. The molecule has 0 saturated heterocycles. The maximum atomic E-state index is 2.51. The fourth-order valence-electron chi connectivity index (χ4n) is 9.46. The highest BCUT2D eigenvalue weighted by molar-refractivity contribution is 6.09. The smallest absolute Gasteiger partial charge is 0.0546 e. The molecule has 0 atom stereocenters. The average Bonchev–Trinajstić information content (AvgIpc) is 3.58. The zero-order chi connectivity index (χ0) is 35.9. The zero-order valence-corrected chi connectivity index (χ0v) is 30.7. The molecule has 8 aromatic carbocycles. The van der Waals surface area contributed by atoms with Crippen LogP contribution in [0.25, 0.3) is 55.3 Å². The van der Waals surface area contributed by atoms with Crippen molar-refractivity contribution >= 4 is 27.8 Å². The van der Waals surface area contributed by atoms with E-state index in [2.05, 4.69) is 209 Å². The molecule has 0 spiro atoms. The lowest BCUT2D eigenvalue weighted by Gasteiger charge is -2.31. The highest BCUT2D eigenvalue weighted by atomic mass is 15.1. The molecule has 0 heterocycles. The molecule has 0 aliphatic heterocycles. The van der Waals surface area contributed by atoms with Gasteiger partial charge in [0.1, 0.15) is 0 Å². The quantitative estimate of drug-likeness (QED) is 0.175. The Balaban J connectivity index is 1.25. The van der Waals surface area contributed by atoms with E-state index in [1.54, 1.807) is 0 Å². The van der Waals surface area contributed by atoms with Crippen molar-refractivity contribution in [2.75, 3.05) is 4.90 Å². The molecular weight excluding hydrogens is 639 g/mol. The number of hydrogen-bond acceptors (Lipinski definition) is 1. The van der Waals surface area contributed by atoms with Crippen molar-refractivity contribution in [3.05, 3.63) is 198 Å². The summed E-state index contributed by atoms with van der Waals surface area (Å²) in [6.07, 6.45) is 0. The Morgan fingerprint density at radius 3 is 1.68 bits per heavy atom. The van der Waals surface area contributed by atoms with Crippen LogP contribution in [0.2, 0.25) is 0 Å². The van der Waals surface area contributed by atoms with Crippen molar-refractivity contribution < 1.29 is 0 Å². The summed E-state index contributed by atoms with van der Waals surface area (Å²) in [5.74, 6) is 0. The lowest BCUT2D eigenvalue weighted by atomic mass is 9.79. The normalized spacial score (nSPS) is 14.3. The Morgan fingerprint density at radius 1 is 0.358 bits per heavy atom. The Morgan fingerprint density at radius 2 is 0.925 bits per heavy atom. The lowest BCUT2D eigenvalue weighted by Crippen LogP contribution is -2.17. The molecule has 0 bridgehead atoms. The molecule has 1 heteroatoms. The van der Waals surface area contributed by atoms with Gasteiger partial charge in [0, 0.05) is 27.6 Å². The van der Waals surface area contributed by atoms with Crippen LogP contribution in [0.15, 0.2) is 176 Å². The summed E-state index contributed by atoms with van der Waals surface area (Å²) in [5.41, 5.74) is 19.0. The monoisotopic (exact) mass is 679 g/mol. The van der Waals surface area contributed by atoms with Crippen LogP contribution in [0, 0.1) is 0 Å². The van der Waals surface area contributed by atoms with E-state index in [4.69, 9.17) is 0 Å². The first-order chi connectivity index (χ1) is 25.8. The Bertz CT molecular complexity index is 2700. The summed E-state index contributed by atoms with van der Waals surface area (Å²) in [4.78, 5) is 2.51. The van der Waals surface area contributed by atoms with Gasteiger partial charge in [0.2, 0.25) is 0 Å². The molecule has 0 N–H and O–H groups in total. The largest absolute Gasteiger partial charge is 0.310 e. The maximum Gasteiger partial charge on any atom is 0.0546 e. The average molecular weight is 680 g/mol. The number of fused-ring (bicyclic) bond motifs is 8. The molecule has 2 aliphatic carbocycles. The maximum absolute atomic E-state index is 2.51. The molecular formula is C52H41N. The van der Waals surface area contributed by atoms with Crippen LogP contribution in [0.1, 0.15) is 49.9 Å². The predicted octanol–water partition coefficient (Wildman–Crippen LogP) is 14.3. The van der Waals surface area contributed by atoms with Gasteiger partial charge in [-0.05, 0) is 102 Å². The van der Waals surface area contributed by atoms with Crippen LogP contribution >= 0.6 is 0 Å². The lowest BCUT2D eigenvalue weighted by molar-refractivity contribution is 0.660. The van der Waals surface area contributed by atoms with Crippen molar-refractivity contribution in [3.8, 4) is 44.5 Å². The molecule has 8 aromatic rings. The molecule has 53 heavy (non-hydrogen) atoms. The predicted molar refractivity (Wildman–Crippen MR) is 225 cm³/mol. The number of rotatable bonds is 5. The van der Waals surface area contributed by atoms with E-state index in [0.717, 1.165) is 11.4 Å². The minimum absolute atomic E-state index is 0.113. The van der Waals surface area contributed by atoms with Crippen molar-refractivity contribution in [2.45, 2.75) is 38.5 Å². The fraction of sp³-hybridized carbons (Fsp3) is 0.115. The number of anilines is 3. The van der Waals surface area contributed by atoms with Gasteiger partial charge in [0.05, 0.1) is 5.69 Å². The summed E-state index contributed by atoms with van der Waals surface area (Å²) in [7, 11) is 0. The van der Waals surface area contributed by atoms with Gasteiger partial charge < -0.3 is 4.90 Å². The van der Waals surface area contributed by atoms with E-state index >= 15 is 0 Å². The second-order valence-corrected chi connectivity index (χ2v) is 15.7. The summed E-state index contributed by atoms with van der Waals surface area (Å²) in [5, 5.41) is 2.56. The third-order valence-corrected chi connectivity index (χ3v) is 12.0. The molecule has 10 rings (SSSR count). The second-order valence-electron chi connectivity index (χ2n) is 15.7. The summed E-state index contributed by atoms with van der Waals surface area (Å²) < 4.78 is 0. The molecule has 0 fully saturated rings. The third-order valence-electron chi connectivity index (χ3n) is 12.0. The van der Waals surface area contributed by atoms with E-state index < -0.39 is 0 Å². The molecule has 254 valence electrons. The van der Waals surface area contributed by atoms with Crippen LogP contribution in [0.3, 0.4) is 0 Å². The molecule has 1 nitrogen and oxygen atoms in total. The topological polar surface area (TPSA) is 3.24 Å². The second kappa shape index (κ2) is 11.7. The summed E-state index contributed by atoms with van der Waals surface area (Å²) >= 11 is 0. The van der Waals surface area contributed by atoms with E-state index in [0.29, 0.717) is 0 Å². The number of hydrogen-bond donors (Lipinski definition) is 0. The van der Waals surface area contributed by atoms with E-state index in [1.807, 2.05) is 0 Å². The number of nitrogens with zero attached hydrogens (tertiary/aromatic N) is 1. The molecule has 0 amide bonds. The molecule has 2 aliphatic rings. The van der Waals surface area contributed by atoms with E-state index in [-0.39, 0.29) is 10.8 Å². The van der Waals surface area contributed by atoms with Crippen molar-refractivity contribution in [2.24, 2.45) is 0 Å². The van der Waals surface area contributed by atoms with Crippen LogP contribution in [0.5, 0.6) is 0 Å². The van der Waals surface area contributed by atoms with Crippen molar-refractivity contribution in [1.29, 1.82) is 0 Å². The van der Waals surface area contributed by atoms with Gasteiger partial charge in [-0.1, -0.05) is 173 Å². The SMILES string of the molecule is CC1(C)c2ccccc2-c2ccc(N(c3ccc(-c4ccccc4)cc3)c3cc4c(c5ccccc35)C(C)(C)c3cccc(-c5ccccc5)c3-4)cc21. The van der Waals surface area contributed by atoms with Gasteiger partial charge in [0.15, 0.2) is 0 Å². The zero-order valence-electron chi connectivity index (χ0n) is 30.7.